The number of hydrogen-bond acceptors (Lipinski definition) is 4. The van der Waals surface area contributed by atoms with Gasteiger partial charge in [0, 0.05) is 24.1 Å². The molecule has 0 aliphatic rings. The van der Waals surface area contributed by atoms with Crippen molar-refractivity contribution in [2.45, 2.75) is 19.9 Å². The van der Waals surface area contributed by atoms with Crippen LogP contribution in [0.3, 0.4) is 0 Å². The van der Waals surface area contributed by atoms with Gasteiger partial charge in [-0.05, 0) is 13.0 Å². The molecule has 2 atom stereocenters. The number of ether oxygens (including phenoxy) is 2. The predicted octanol–water partition coefficient (Wildman–Crippen LogP) is 1.61. The fourth-order valence-electron chi connectivity index (χ4n) is 1.74. The summed E-state index contributed by atoms with van der Waals surface area (Å²) in [5.41, 5.74) is 5.76. The van der Waals surface area contributed by atoms with Gasteiger partial charge in [0.05, 0.1) is 20.3 Å². The van der Waals surface area contributed by atoms with Gasteiger partial charge in [-0.2, -0.15) is 0 Å². The lowest BCUT2D eigenvalue weighted by molar-refractivity contribution is -0.124. The van der Waals surface area contributed by atoms with Crippen LogP contribution in [-0.4, -0.2) is 26.7 Å². The molecular weight excluding hydrogens is 263 g/mol. The van der Waals surface area contributed by atoms with Crippen LogP contribution in [0.2, 0.25) is 0 Å². The molecule has 0 aromatic heterocycles. The van der Waals surface area contributed by atoms with Crippen LogP contribution in [0.5, 0.6) is 11.5 Å². The molecule has 2 unspecified atom stereocenters. The Morgan fingerprint density at radius 1 is 1.30 bits per heavy atom. The van der Waals surface area contributed by atoms with Gasteiger partial charge in [-0.25, -0.2) is 4.39 Å². The number of nitrogens with one attached hydrogen (secondary N) is 1. The molecule has 0 fully saturated rings. The number of hydrogen-bond donors (Lipinski definition) is 2. The SMILES string of the molecule is COc1cc(F)c(C(C)NC(=O)C(C)CN)cc1OC. The zero-order valence-electron chi connectivity index (χ0n) is 12.2. The number of nitrogens with two attached hydrogens (primary N) is 1. The molecule has 20 heavy (non-hydrogen) atoms. The van der Waals surface area contributed by atoms with Crippen molar-refractivity contribution in [3.05, 3.63) is 23.5 Å². The van der Waals surface area contributed by atoms with Gasteiger partial charge >= 0.3 is 0 Å². The molecule has 6 heteroatoms. The zero-order chi connectivity index (χ0) is 15.3. The van der Waals surface area contributed by atoms with E-state index in [4.69, 9.17) is 15.2 Å². The Morgan fingerprint density at radius 2 is 1.85 bits per heavy atom. The van der Waals surface area contributed by atoms with Crippen molar-refractivity contribution in [3.63, 3.8) is 0 Å². The number of halogens is 1. The summed E-state index contributed by atoms with van der Waals surface area (Å²) in [5, 5.41) is 2.72. The Bertz CT molecular complexity index is 480. The lowest BCUT2D eigenvalue weighted by atomic mass is 10.1. The first kappa shape index (κ1) is 16.2. The van der Waals surface area contributed by atoms with Crippen LogP contribution in [0.1, 0.15) is 25.5 Å². The molecule has 5 nitrogen and oxygen atoms in total. The van der Waals surface area contributed by atoms with E-state index in [1.54, 1.807) is 13.8 Å². The van der Waals surface area contributed by atoms with E-state index in [1.165, 1.54) is 26.4 Å². The Morgan fingerprint density at radius 3 is 2.35 bits per heavy atom. The lowest BCUT2D eigenvalue weighted by Gasteiger charge is -2.19. The largest absolute Gasteiger partial charge is 0.493 e. The minimum atomic E-state index is -0.490. The van der Waals surface area contributed by atoms with E-state index in [9.17, 15) is 9.18 Å². The summed E-state index contributed by atoms with van der Waals surface area (Å²) in [4.78, 5) is 11.8. The van der Waals surface area contributed by atoms with Gasteiger partial charge in [0.15, 0.2) is 11.5 Å². The molecule has 0 radical (unpaired) electrons. The van der Waals surface area contributed by atoms with E-state index in [2.05, 4.69) is 5.32 Å². The van der Waals surface area contributed by atoms with Crippen LogP contribution in [0.25, 0.3) is 0 Å². The first-order valence-corrected chi connectivity index (χ1v) is 6.36. The van der Waals surface area contributed by atoms with Gasteiger partial charge in [0.25, 0.3) is 0 Å². The molecular formula is C14H21FN2O3. The number of benzene rings is 1. The molecule has 112 valence electrons. The minimum absolute atomic E-state index is 0.214. The van der Waals surface area contributed by atoms with Crippen molar-refractivity contribution in [1.82, 2.24) is 5.32 Å². The van der Waals surface area contributed by atoms with Gasteiger partial charge in [0.1, 0.15) is 5.82 Å². The van der Waals surface area contributed by atoms with Crippen LogP contribution in [0, 0.1) is 11.7 Å². The highest BCUT2D eigenvalue weighted by Crippen LogP contribution is 2.32. The molecule has 3 N–H and O–H groups in total. The fourth-order valence-corrected chi connectivity index (χ4v) is 1.74. The van der Waals surface area contributed by atoms with Crippen LogP contribution in [0.4, 0.5) is 4.39 Å². The Kier molecular flexibility index (Phi) is 5.76. The molecule has 1 aromatic carbocycles. The first-order valence-electron chi connectivity index (χ1n) is 6.36. The summed E-state index contributed by atoms with van der Waals surface area (Å²) in [6, 6.07) is 2.27. The Labute approximate surface area is 118 Å². The lowest BCUT2D eigenvalue weighted by Crippen LogP contribution is -2.35. The number of methoxy groups -OCH3 is 2. The van der Waals surface area contributed by atoms with Gasteiger partial charge in [-0.1, -0.05) is 6.92 Å². The van der Waals surface area contributed by atoms with Crippen molar-refractivity contribution in [1.29, 1.82) is 0 Å². The summed E-state index contributed by atoms with van der Waals surface area (Å²) < 4.78 is 24.2. The number of amides is 1. The molecule has 1 aromatic rings. The monoisotopic (exact) mass is 284 g/mol. The van der Waals surface area contributed by atoms with Crippen LogP contribution in [-0.2, 0) is 4.79 Å². The van der Waals surface area contributed by atoms with E-state index < -0.39 is 11.9 Å². The zero-order valence-corrected chi connectivity index (χ0v) is 12.2. The summed E-state index contributed by atoms with van der Waals surface area (Å²) in [6.07, 6.45) is 0. The molecule has 0 heterocycles. The topological polar surface area (TPSA) is 73.6 Å². The third-order valence-corrected chi connectivity index (χ3v) is 3.13. The van der Waals surface area contributed by atoms with Gasteiger partial charge in [-0.15, -0.1) is 0 Å². The normalized spacial score (nSPS) is 13.5. The third-order valence-electron chi connectivity index (χ3n) is 3.13. The third kappa shape index (κ3) is 3.60. The smallest absolute Gasteiger partial charge is 0.224 e. The first-order chi connectivity index (χ1) is 9.44. The molecule has 0 aliphatic heterocycles. The summed E-state index contributed by atoms with van der Waals surface area (Å²) in [5.74, 6) is -0.273. The van der Waals surface area contributed by atoms with Crippen molar-refractivity contribution < 1.29 is 18.7 Å². The molecule has 0 saturated heterocycles. The van der Waals surface area contributed by atoms with Gasteiger partial charge in [-0.3, -0.25) is 4.79 Å². The second-order valence-corrected chi connectivity index (χ2v) is 4.60. The molecule has 0 bridgehead atoms. The van der Waals surface area contributed by atoms with Crippen molar-refractivity contribution in [3.8, 4) is 11.5 Å². The van der Waals surface area contributed by atoms with E-state index in [0.29, 0.717) is 17.1 Å². The maximum Gasteiger partial charge on any atom is 0.224 e. The second-order valence-electron chi connectivity index (χ2n) is 4.60. The number of rotatable bonds is 6. The minimum Gasteiger partial charge on any atom is -0.493 e. The number of carbonyl (C=O) groups excluding carboxylic acids is 1. The van der Waals surface area contributed by atoms with E-state index in [1.807, 2.05) is 0 Å². The van der Waals surface area contributed by atoms with Crippen LogP contribution >= 0.6 is 0 Å². The van der Waals surface area contributed by atoms with Gasteiger partial charge < -0.3 is 20.5 Å². The average molecular weight is 284 g/mol. The Hall–Kier alpha value is -1.82. The molecule has 1 amide bonds. The van der Waals surface area contributed by atoms with E-state index in [-0.39, 0.29) is 18.4 Å². The molecule has 0 aliphatic carbocycles. The fraction of sp³-hybridized carbons (Fsp3) is 0.500. The summed E-state index contributed by atoms with van der Waals surface area (Å²) in [7, 11) is 2.91. The highest BCUT2D eigenvalue weighted by atomic mass is 19.1. The summed E-state index contributed by atoms with van der Waals surface area (Å²) >= 11 is 0. The van der Waals surface area contributed by atoms with Gasteiger partial charge in [0.2, 0.25) is 5.91 Å². The van der Waals surface area contributed by atoms with Crippen molar-refractivity contribution in [2.24, 2.45) is 11.7 Å². The maximum atomic E-state index is 14.0. The maximum absolute atomic E-state index is 14.0. The van der Waals surface area contributed by atoms with Crippen LogP contribution < -0.4 is 20.5 Å². The highest BCUT2D eigenvalue weighted by molar-refractivity contribution is 5.79. The highest BCUT2D eigenvalue weighted by Gasteiger charge is 2.19. The van der Waals surface area contributed by atoms with Crippen LogP contribution in [0.15, 0.2) is 12.1 Å². The molecule has 0 saturated carbocycles. The molecule has 0 spiro atoms. The van der Waals surface area contributed by atoms with E-state index in [0.717, 1.165) is 0 Å². The molecule has 1 rings (SSSR count). The average Bonchev–Trinajstić information content (AvgIpc) is 2.45. The quantitative estimate of drug-likeness (QED) is 0.832. The van der Waals surface area contributed by atoms with Crippen molar-refractivity contribution >= 4 is 5.91 Å². The Balaban J connectivity index is 2.98. The number of carbonyl (C=O) groups is 1. The van der Waals surface area contributed by atoms with Crippen molar-refractivity contribution in [2.75, 3.05) is 20.8 Å². The summed E-state index contributed by atoms with van der Waals surface area (Å²) in [6.45, 7) is 3.66. The predicted molar refractivity (Wildman–Crippen MR) is 74.3 cm³/mol. The van der Waals surface area contributed by atoms with E-state index >= 15 is 0 Å². The second kappa shape index (κ2) is 7.09. The standard InChI is InChI=1S/C14H21FN2O3/c1-8(7-16)14(18)17-9(2)10-5-12(19-3)13(20-4)6-11(10)15/h5-6,8-9H,7,16H2,1-4H3,(H,17,18).